The minimum atomic E-state index is 0.119. The van der Waals surface area contributed by atoms with Crippen molar-refractivity contribution in [3.05, 3.63) is 23.9 Å². The Hall–Kier alpha value is -1.86. The summed E-state index contributed by atoms with van der Waals surface area (Å²) in [5.74, 6) is 7.87. The summed E-state index contributed by atoms with van der Waals surface area (Å²) in [6, 6.07) is 5.47. The molecule has 2 aliphatic rings. The maximum atomic E-state index is 12.3. The Balaban J connectivity index is 1.67. The van der Waals surface area contributed by atoms with Gasteiger partial charge < -0.3 is 11.1 Å². The summed E-state index contributed by atoms with van der Waals surface area (Å²) in [4.78, 5) is 16.6. The van der Waals surface area contributed by atoms with E-state index in [4.69, 9.17) is 5.73 Å². The number of rotatable bonds is 2. The van der Waals surface area contributed by atoms with Crippen molar-refractivity contribution in [1.82, 2.24) is 4.98 Å². The largest absolute Gasteiger partial charge is 0.320 e. The predicted molar refractivity (Wildman–Crippen MR) is 77.7 cm³/mol. The van der Waals surface area contributed by atoms with Crippen molar-refractivity contribution < 1.29 is 4.79 Å². The summed E-state index contributed by atoms with van der Waals surface area (Å²) in [6.45, 7) is 0.309. The van der Waals surface area contributed by atoms with Crippen molar-refractivity contribution in [2.75, 3.05) is 11.9 Å². The predicted octanol–water partition coefficient (Wildman–Crippen LogP) is 1.77. The van der Waals surface area contributed by atoms with Crippen LogP contribution in [0, 0.1) is 29.6 Å². The van der Waals surface area contributed by atoms with Crippen molar-refractivity contribution >= 4 is 11.7 Å². The highest BCUT2D eigenvalue weighted by molar-refractivity contribution is 5.92. The first kappa shape index (κ1) is 13.1. The summed E-state index contributed by atoms with van der Waals surface area (Å²) in [5, 5.41) is 2.94. The van der Waals surface area contributed by atoms with Gasteiger partial charge in [0.25, 0.3) is 0 Å². The Bertz CT molecular complexity index is 573. The molecule has 0 aliphatic heterocycles. The van der Waals surface area contributed by atoms with Gasteiger partial charge in [0, 0.05) is 5.92 Å². The average molecular weight is 269 g/mol. The van der Waals surface area contributed by atoms with Gasteiger partial charge in [-0.25, -0.2) is 4.98 Å². The molecule has 20 heavy (non-hydrogen) atoms. The normalized spacial score (nSPS) is 26.9. The van der Waals surface area contributed by atoms with Gasteiger partial charge in [0.2, 0.25) is 5.91 Å². The molecule has 0 saturated heterocycles. The highest BCUT2D eigenvalue weighted by Crippen LogP contribution is 2.48. The zero-order chi connectivity index (χ0) is 13.9. The van der Waals surface area contributed by atoms with Crippen LogP contribution in [-0.2, 0) is 4.79 Å². The van der Waals surface area contributed by atoms with Gasteiger partial charge in [0.05, 0.1) is 6.54 Å². The molecular weight excluding hydrogens is 250 g/mol. The third-order valence-corrected chi connectivity index (χ3v) is 4.39. The Labute approximate surface area is 119 Å². The number of hydrogen-bond donors (Lipinski definition) is 2. The van der Waals surface area contributed by atoms with E-state index in [9.17, 15) is 4.79 Å². The van der Waals surface area contributed by atoms with Crippen LogP contribution in [0.5, 0.6) is 0 Å². The molecule has 1 amide bonds. The lowest BCUT2D eigenvalue weighted by Crippen LogP contribution is -2.27. The summed E-state index contributed by atoms with van der Waals surface area (Å²) in [7, 11) is 0. The summed E-state index contributed by atoms with van der Waals surface area (Å²) >= 11 is 0. The SMILES string of the molecule is NCC#Cc1cccc(NC(=O)C2CC3CCC2C3)n1. The van der Waals surface area contributed by atoms with E-state index in [0.717, 1.165) is 12.3 Å². The minimum Gasteiger partial charge on any atom is -0.320 e. The van der Waals surface area contributed by atoms with E-state index in [1.807, 2.05) is 12.1 Å². The lowest BCUT2D eigenvalue weighted by atomic mass is 9.88. The lowest BCUT2D eigenvalue weighted by molar-refractivity contribution is -0.121. The molecule has 3 rings (SSSR count). The van der Waals surface area contributed by atoms with Crippen LogP contribution in [0.15, 0.2) is 18.2 Å². The molecule has 3 N–H and O–H groups in total. The second-order valence-electron chi connectivity index (χ2n) is 5.68. The molecule has 3 unspecified atom stereocenters. The lowest BCUT2D eigenvalue weighted by Gasteiger charge is -2.20. The van der Waals surface area contributed by atoms with Crippen LogP contribution >= 0.6 is 0 Å². The molecule has 1 aromatic rings. The van der Waals surface area contributed by atoms with E-state index in [0.29, 0.717) is 24.0 Å². The Morgan fingerprint density at radius 1 is 1.40 bits per heavy atom. The molecule has 2 aliphatic carbocycles. The fourth-order valence-corrected chi connectivity index (χ4v) is 3.50. The number of aromatic nitrogens is 1. The van der Waals surface area contributed by atoms with Gasteiger partial charge in [-0.05, 0) is 49.2 Å². The molecule has 2 fully saturated rings. The molecule has 104 valence electrons. The van der Waals surface area contributed by atoms with Crippen LogP contribution in [0.4, 0.5) is 5.82 Å². The van der Waals surface area contributed by atoms with Crippen molar-refractivity contribution in [2.24, 2.45) is 23.5 Å². The molecule has 2 saturated carbocycles. The number of pyridine rings is 1. The highest BCUT2D eigenvalue weighted by Gasteiger charge is 2.43. The second-order valence-corrected chi connectivity index (χ2v) is 5.68. The van der Waals surface area contributed by atoms with Gasteiger partial charge in [-0.2, -0.15) is 0 Å². The van der Waals surface area contributed by atoms with Crippen molar-refractivity contribution in [3.8, 4) is 11.8 Å². The number of nitrogens with zero attached hydrogens (tertiary/aromatic N) is 1. The Kier molecular flexibility index (Phi) is 3.70. The number of carbonyl (C=O) groups excluding carboxylic acids is 1. The van der Waals surface area contributed by atoms with Gasteiger partial charge in [-0.1, -0.05) is 18.4 Å². The summed E-state index contributed by atoms with van der Waals surface area (Å²) in [5.41, 5.74) is 5.98. The smallest absolute Gasteiger partial charge is 0.228 e. The van der Waals surface area contributed by atoms with E-state index in [2.05, 4.69) is 22.1 Å². The first-order valence-corrected chi connectivity index (χ1v) is 7.23. The number of hydrogen-bond acceptors (Lipinski definition) is 3. The molecule has 0 radical (unpaired) electrons. The zero-order valence-corrected chi connectivity index (χ0v) is 11.4. The molecule has 1 aromatic heterocycles. The number of carbonyl (C=O) groups is 1. The van der Waals surface area contributed by atoms with Crippen LogP contribution in [-0.4, -0.2) is 17.4 Å². The third-order valence-electron chi connectivity index (χ3n) is 4.39. The van der Waals surface area contributed by atoms with E-state index in [1.165, 1.54) is 19.3 Å². The van der Waals surface area contributed by atoms with Gasteiger partial charge in [0.1, 0.15) is 11.5 Å². The topological polar surface area (TPSA) is 68.0 Å². The number of anilines is 1. The number of fused-ring (bicyclic) bond motifs is 2. The molecule has 0 spiro atoms. The summed E-state index contributed by atoms with van der Waals surface area (Å²) < 4.78 is 0. The average Bonchev–Trinajstić information content (AvgIpc) is 3.08. The molecule has 3 atom stereocenters. The fraction of sp³-hybridized carbons (Fsp3) is 0.500. The van der Waals surface area contributed by atoms with Crippen LogP contribution in [0.1, 0.15) is 31.4 Å². The maximum Gasteiger partial charge on any atom is 0.228 e. The van der Waals surface area contributed by atoms with Gasteiger partial charge in [0.15, 0.2) is 0 Å². The molecule has 4 nitrogen and oxygen atoms in total. The molecule has 2 bridgehead atoms. The fourth-order valence-electron chi connectivity index (χ4n) is 3.50. The zero-order valence-electron chi connectivity index (χ0n) is 11.4. The second kappa shape index (κ2) is 5.64. The van der Waals surface area contributed by atoms with Crippen LogP contribution < -0.4 is 11.1 Å². The van der Waals surface area contributed by atoms with Gasteiger partial charge >= 0.3 is 0 Å². The van der Waals surface area contributed by atoms with Crippen molar-refractivity contribution in [3.63, 3.8) is 0 Å². The molecule has 0 aromatic carbocycles. The first-order valence-electron chi connectivity index (χ1n) is 7.23. The van der Waals surface area contributed by atoms with E-state index in [1.54, 1.807) is 6.07 Å². The number of nitrogens with two attached hydrogens (primary N) is 1. The van der Waals surface area contributed by atoms with E-state index >= 15 is 0 Å². The molecular formula is C16H19N3O. The van der Waals surface area contributed by atoms with Crippen molar-refractivity contribution in [1.29, 1.82) is 0 Å². The maximum absolute atomic E-state index is 12.3. The standard InChI is InChI=1S/C16H19N3O/c17-8-2-4-13-3-1-5-15(18-13)19-16(20)14-10-11-6-7-12(14)9-11/h1,3,5,11-12,14H,6-10,17H2,(H,18,19,20). The molecule has 1 heterocycles. The number of nitrogens with one attached hydrogen (secondary N) is 1. The minimum absolute atomic E-state index is 0.119. The first-order chi connectivity index (χ1) is 9.76. The van der Waals surface area contributed by atoms with Crippen LogP contribution in [0.25, 0.3) is 0 Å². The quantitative estimate of drug-likeness (QED) is 0.804. The van der Waals surface area contributed by atoms with E-state index in [-0.39, 0.29) is 11.8 Å². The third kappa shape index (κ3) is 2.68. The summed E-state index contributed by atoms with van der Waals surface area (Å²) in [6.07, 6.45) is 4.78. The highest BCUT2D eigenvalue weighted by atomic mass is 16.2. The number of amides is 1. The van der Waals surface area contributed by atoms with Crippen LogP contribution in [0.2, 0.25) is 0 Å². The van der Waals surface area contributed by atoms with Gasteiger partial charge in [-0.3, -0.25) is 4.79 Å². The Morgan fingerprint density at radius 3 is 3.00 bits per heavy atom. The molecule has 4 heteroatoms. The van der Waals surface area contributed by atoms with Gasteiger partial charge in [-0.15, -0.1) is 0 Å². The van der Waals surface area contributed by atoms with E-state index < -0.39 is 0 Å². The van der Waals surface area contributed by atoms with Crippen molar-refractivity contribution in [2.45, 2.75) is 25.7 Å². The van der Waals surface area contributed by atoms with Crippen LogP contribution in [0.3, 0.4) is 0 Å². The Morgan fingerprint density at radius 2 is 2.30 bits per heavy atom. The monoisotopic (exact) mass is 269 g/mol.